The molecular weight excluding hydrogens is 805 g/mol. The van der Waals surface area contributed by atoms with Crippen LogP contribution in [0.2, 0.25) is 0 Å². The molecule has 2 aliphatic heterocycles. The Kier molecular flexibility index (Phi) is 9.47. The van der Waals surface area contributed by atoms with Crippen molar-refractivity contribution in [2.24, 2.45) is 0 Å². The summed E-state index contributed by atoms with van der Waals surface area (Å²) in [6, 6.07) is 97.7. The van der Waals surface area contributed by atoms with Gasteiger partial charge in [-0.3, -0.25) is 0 Å². The Morgan fingerprint density at radius 1 is 0.200 bits per heavy atom. The molecule has 0 saturated heterocycles. The van der Waals surface area contributed by atoms with Gasteiger partial charge in [-0.1, -0.05) is 194 Å². The molecule has 10 aromatic carbocycles. The first-order valence-corrected chi connectivity index (χ1v) is 24.1. The van der Waals surface area contributed by atoms with Crippen LogP contribution < -0.4 is 18.3 Å². The van der Waals surface area contributed by atoms with Crippen LogP contribution in [-0.4, -0.2) is 8.72 Å². The van der Waals surface area contributed by atoms with Gasteiger partial charge in [0.05, 0.1) is 22.7 Å². The van der Waals surface area contributed by atoms with Gasteiger partial charge in [-0.25, -0.2) is 0 Å². The van der Waals surface area contributed by atoms with Crippen LogP contribution in [-0.2, 0) is 0 Å². The molecule has 65 heavy (non-hydrogen) atoms. The molecule has 0 atom stereocenters. The average Bonchev–Trinajstić information content (AvgIpc) is 3.84. The predicted molar refractivity (Wildman–Crippen MR) is 275 cm³/mol. The van der Waals surface area contributed by atoms with Gasteiger partial charge >= 0.3 is 8.72 Å². The predicted octanol–water partition coefficient (Wildman–Crippen LogP) is 16.1. The second kappa shape index (κ2) is 16.1. The minimum absolute atomic E-state index is 1.12. The molecule has 0 aliphatic carbocycles. The van der Waals surface area contributed by atoms with Gasteiger partial charge in [-0.15, -0.1) is 0 Å². The molecule has 0 aromatic heterocycles. The fraction of sp³-hybridized carbons (Fsp3) is 0. The maximum atomic E-state index is 2.72. The Morgan fingerprint density at radius 3 is 0.554 bits per heavy atom. The van der Waals surface area contributed by atoms with Gasteiger partial charge in [0.15, 0.2) is 0 Å². The van der Waals surface area contributed by atoms with Crippen molar-refractivity contribution in [3.63, 3.8) is 0 Å². The maximum Gasteiger partial charge on any atom is 0.521 e. The van der Waals surface area contributed by atoms with E-state index < -0.39 is 8.72 Å². The number of anilines is 8. The molecule has 0 radical (unpaired) electrons. The summed E-state index contributed by atoms with van der Waals surface area (Å²) >= 11 is 0. The minimum Gasteiger partial charge on any atom is -0.314 e. The summed E-state index contributed by atoms with van der Waals surface area (Å²) in [6.45, 7) is 0. The molecule has 0 unspecified atom stereocenters. The highest BCUT2D eigenvalue weighted by molar-refractivity contribution is 6.99. The van der Waals surface area contributed by atoms with E-state index in [2.05, 4.69) is 285 Å². The summed E-state index contributed by atoms with van der Waals surface area (Å²) in [4.78, 5) is 0. The fourth-order valence-electron chi connectivity index (χ4n) is 10.1. The lowest BCUT2D eigenvalue weighted by Gasteiger charge is -2.49. The van der Waals surface area contributed by atoms with E-state index in [0.717, 1.165) is 45.5 Å². The lowest BCUT2D eigenvalue weighted by atomic mass is 9.93. The van der Waals surface area contributed by atoms with Crippen LogP contribution in [0, 0.1) is 0 Å². The van der Waals surface area contributed by atoms with Gasteiger partial charge in [-0.05, 0) is 117 Å². The zero-order valence-corrected chi connectivity index (χ0v) is 36.7. The molecule has 308 valence electrons. The first-order valence-electron chi connectivity index (χ1n) is 22.3. The third kappa shape index (κ3) is 6.28. The third-order valence-corrected chi connectivity index (χ3v) is 17.2. The molecule has 2 heterocycles. The highest BCUT2D eigenvalue weighted by Gasteiger charge is 2.70. The van der Waals surface area contributed by atoms with Crippen molar-refractivity contribution < 1.29 is 0 Å². The number of fused-ring (bicyclic) bond motifs is 2. The number of benzene rings is 10. The monoisotopic (exact) mass is 848 g/mol. The first-order chi connectivity index (χ1) is 32.3. The molecule has 12 rings (SSSR count). The Labute approximate surface area is 382 Å². The van der Waals surface area contributed by atoms with Crippen molar-refractivity contribution in [2.75, 3.05) is 18.3 Å². The van der Waals surface area contributed by atoms with E-state index >= 15 is 0 Å². The number of hydrogen-bond donors (Lipinski definition) is 0. The number of para-hydroxylation sites is 4. The van der Waals surface area contributed by atoms with Crippen molar-refractivity contribution in [2.45, 2.75) is 0 Å². The molecule has 0 N–H and O–H groups in total. The standard InChI is InChI=1S/C60H44N4Si/c1-9-25-45(26-10-1)53-41-57-58(42-54(53)46-27-11-2-12-28-46)62(50-35-19-6-20-36-50)65(61(57)49-33-17-5-18-34-49)63(51-37-21-7-22-38-51)59-43-55(47-29-13-3-14-30-47)56(48-31-15-4-16-32-48)44-60(59)64(65)52-39-23-8-24-40-52/h1-44H. The lowest BCUT2D eigenvalue weighted by molar-refractivity contribution is 1.18. The summed E-state index contributed by atoms with van der Waals surface area (Å²) in [5.41, 5.74) is 18.5. The minimum atomic E-state index is -3.72. The SMILES string of the molecule is c1ccc(-c2cc3c(cc2-c2ccccc2)N(c2ccccc2)[Si]2(N3c3ccccc3)N(c3ccccc3)c3cc(-c4ccccc4)c(-c4ccccc4)cc3N2c2ccccc2)cc1. The zero-order valence-electron chi connectivity index (χ0n) is 35.7. The van der Waals surface area contributed by atoms with E-state index in [9.17, 15) is 0 Å². The van der Waals surface area contributed by atoms with Crippen LogP contribution in [0.15, 0.2) is 267 Å². The summed E-state index contributed by atoms with van der Waals surface area (Å²) in [6.07, 6.45) is 0. The van der Waals surface area contributed by atoms with Crippen molar-refractivity contribution in [3.05, 3.63) is 267 Å². The number of hydrogen-bond acceptors (Lipinski definition) is 4. The molecule has 5 heteroatoms. The van der Waals surface area contributed by atoms with E-state index in [-0.39, 0.29) is 0 Å². The topological polar surface area (TPSA) is 13.0 Å². The summed E-state index contributed by atoms with van der Waals surface area (Å²) in [7, 11) is -3.72. The lowest BCUT2D eigenvalue weighted by Crippen LogP contribution is -2.76. The highest BCUT2D eigenvalue weighted by Crippen LogP contribution is 2.64. The summed E-state index contributed by atoms with van der Waals surface area (Å²) < 4.78 is 10.9. The van der Waals surface area contributed by atoms with Gasteiger partial charge in [0.25, 0.3) is 0 Å². The third-order valence-electron chi connectivity index (χ3n) is 12.8. The normalized spacial score (nSPS) is 13.5. The van der Waals surface area contributed by atoms with E-state index in [4.69, 9.17) is 0 Å². The molecule has 0 fully saturated rings. The van der Waals surface area contributed by atoms with Gasteiger partial charge in [-0.2, -0.15) is 0 Å². The van der Waals surface area contributed by atoms with Gasteiger partial charge < -0.3 is 18.3 Å². The van der Waals surface area contributed by atoms with E-state index in [1.807, 2.05) is 0 Å². The summed E-state index contributed by atoms with van der Waals surface area (Å²) in [5, 5.41) is 0. The molecular formula is C60H44N4Si. The number of rotatable bonds is 8. The molecule has 0 saturated carbocycles. The molecule has 2 aliphatic rings. The molecule has 10 aromatic rings. The van der Waals surface area contributed by atoms with Crippen molar-refractivity contribution >= 4 is 54.2 Å². The van der Waals surface area contributed by atoms with E-state index in [1.54, 1.807) is 0 Å². The van der Waals surface area contributed by atoms with E-state index in [0.29, 0.717) is 0 Å². The second-order valence-electron chi connectivity index (χ2n) is 16.5. The molecule has 1 spiro atoms. The second-order valence-corrected chi connectivity index (χ2v) is 19.5. The summed E-state index contributed by atoms with van der Waals surface area (Å²) in [5.74, 6) is 0. The smallest absolute Gasteiger partial charge is 0.314 e. The Bertz CT molecular complexity index is 2800. The van der Waals surface area contributed by atoms with Crippen LogP contribution in [0.1, 0.15) is 0 Å². The van der Waals surface area contributed by atoms with Crippen molar-refractivity contribution in [3.8, 4) is 44.5 Å². The van der Waals surface area contributed by atoms with Crippen LogP contribution in [0.3, 0.4) is 0 Å². The molecule has 0 bridgehead atoms. The van der Waals surface area contributed by atoms with Gasteiger partial charge in [0.2, 0.25) is 0 Å². The van der Waals surface area contributed by atoms with E-state index in [1.165, 1.54) is 44.5 Å². The van der Waals surface area contributed by atoms with Crippen LogP contribution in [0.4, 0.5) is 45.5 Å². The highest BCUT2D eigenvalue weighted by atomic mass is 28.4. The zero-order chi connectivity index (χ0) is 43.2. The first kappa shape index (κ1) is 38.3. The van der Waals surface area contributed by atoms with Gasteiger partial charge in [0, 0.05) is 22.7 Å². The van der Waals surface area contributed by atoms with Crippen LogP contribution >= 0.6 is 0 Å². The quantitative estimate of drug-likeness (QED) is 0.141. The Morgan fingerprint density at radius 2 is 0.369 bits per heavy atom. The number of nitrogens with zero attached hydrogens (tertiary/aromatic N) is 4. The van der Waals surface area contributed by atoms with Crippen LogP contribution in [0.25, 0.3) is 44.5 Å². The van der Waals surface area contributed by atoms with Crippen molar-refractivity contribution in [1.29, 1.82) is 0 Å². The molecule has 4 nitrogen and oxygen atoms in total. The van der Waals surface area contributed by atoms with Crippen LogP contribution in [0.5, 0.6) is 0 Å². The fourth-order valence-corrected chi connectivity index (χ4v) is 15.3. The Balaban J connectivity index is 1.28. The molecule has 0 amide bonds. The van der Waals surface area contributed by atoms with Gasteiger partial charge in [0.1, 0.15) is 0 Å². The largest absolute Gasteiger partial charge is 0.521 e. The Hall–Kier alpha value is -8.38. The average molecular weight is 849 g/mol. The van der Waals surface area contributed by atoms with Crippen molar-refractivity contribution in [1.82, 2.24) is 0 Å². The maximum absolute atomic E-state index is 3.72.